The standard InChI is InChI=1S/C17H22N2O6/c1-5-24-17(23)13-8(2)14(18-9(13)3)15(21)10(4)25-16(22)11-6-7-12(20)19-11/h10-11,18H,5-7H2,1-4H3,(H,19,20)/t10-,11-/m0/s1. The third-order valence-corrected chi connectivity index (χ3v) is 4.11. The van der Waals surface area contributed by atoms with Gasteiger partial charge in [-0.05, 0) is 39.7 Å². The predicted molar refractivity (Wildman–Crippen MR) is 87.3 cm³/mol. The predicted octanol–water partition coefficient (Wildman–Crippen LogP) is 1.20. The van der Waals surface area contributed by atoms with Gasteiger partial charge in [-0.2, -0.15) is 0 Å². The van der Waals surface area contributed by atoms with E-state index in [0.717, 1.165) is 0 Å². The molecule has 1 amide bonds. The molecule has 2 N–H and O–H groups in total. The Morgan fingerprint density at radius 3 is 2.52 bits per heavy atom. The number of aryl methyl sites for hydroxylation is 1. The maximum atomic E-state index is 12.6. The topological polar surface area (TPSA) is 115 Å². The normalized spacial score (nSPS) is 17.8. The Hall–Kier alpha value is -2.64. The summed E-state index contributed by atoms with van der Waals surface area (Å²) in [5, 5.41) is 2.50. The van der Waals surface area contributed by atoms with Gasteiger partial charge in [0.1, 0.15) is 6.04 Å². The molecule has 136 valence electrons. The molecule has 1 saturated heterocycles. The summed E-state index contributed by atoms with van der Waals surface area (Å²) in [6.45, 7) is 6.68. The van der Waals surface area contributed by atoms with Crippen LogP contribution in [0.5, 0.6) is 0 Å². The summed E-state index contributed by atoms with van der Waals surface area (Å²) in [5.41, 5.74) is 1.49. The van der Waals surface area contributed by atoms with Crippen LogP contribution in [0, 0.1) is 13.8 Å². The lowest BCUT2D eigenvalue weighted by molar-refractivity contribution is -0.149. The van der Waals surface area contributed by atoms with Gasteiger partial charge >= 0.3 is 11.9 Å². The number of amides is 1. The molecule has 2 heterocycles. The summed E-state index contributed by atoms with van der Waals surface area (Å²) < 4.78 is 10.2. The van der Waals surface area contributed by atoms with Crippen molar-refractivity contribution in [2.45, 2.75) is 52.7 Å². The smallest absolute Gasteiger partial charge is 0.340 e. The lowest BCUT2D eigenvalue weighted by Crippen LogP contribution is -2.38. The number of Topliss-reactive ketones (excluding diaryl/α,β-unsaturated/α-hetero) is 1. The quantitative estimate of drug-likeness (QED) is 0.588. The van der Waals surface area contributed by atoms with Crippen LogP contribution in [0.4, 0.5) is 0 Å². The van der Waals surface area contributed by atoms with E-state index in [-0.39, 0.29) is 24.6 Å². The molecule has 0 radical (unpaired) electrons. The number of rotatable bonds is 6. The molecule has 1 aromatic heterocycles. The van der Waals surface area contributed by atoms with Crippen molar-refractivity contribution in [3.63, 3.8) is 0 Å². The highest BCUT2D eigenvalue weighted by Gasteiger charge is 2.32. The van der Waals surface area contributed by atoms with Gasteiger partial charge in [0.15, 0.2) is 6.10 Å². The van der Waals surface area contributed by atoms with Gasteiger partial charge in [0.05, 0.1) is 17.9 Å². The minimum absolute atomic E-state index is 0.205. The van der Waals surface area contributed by atoms with E-state index in [9.17, 15) is 19.2 Å². The second-order valence-corrected chi connectivity index (χ2v) is 5.95. The molecule has 0 saturated carbocycles. The Kier molecular flexibility index (Phi) is 5.61. The number of esters is 2. The maximum Gasteiger partial charge on any atom is 0.340 e. The van der Waals surface area contributed by atoms with Crippen molar-refractivity contribution in [2.75, 3.05) is 6.61 Å². The zero-order chi connectivity index (χ0) is 18.7. The molecule has 1 aliphatic rings. The van der Waals surface area contributed by atoms with Crippen LogP contribution in [-0.2, 0) is 19.1 Å². The van der Waals surface area contributed by atoms with Crippen LogP contribution >= 0.6 is 0 Å². The number of carbonyl (C=O) groups is 4. The first-order valence-electron chi connectivity index (χ1n) is 8.16. The molecule has 0 bridgehead atoms. The largest absolute Gasteiger partial charge is 0.462 e. The molecule has 25 heavy (non-hydrogen) atoms. The molecule has 0 aromatic carbocycles. The second kappa shape index (κ2) is 7.50. The van der Waals surface area contributed by atoms with Crippen molar-refractivity contribution < 1.29 is 28.7 Å². The maximum absolute atomic E-state index is 12.6. The van der Waals surface area contributed by atoms with E-state index in [1.165, 1.54) is 6.92 Å². The van der Waals surface area contributed by atoms with Crippen LogP contribution in [0.15, 0.2) is 0 Å². The number of ether oxygens (including phenoxy) is 2. The first-order valence-corrected chi connectivity index (χ1v) is 8.16. The van der Waals surface area contributed by atoms with Gasteiger partial charge in [-0.25, -0.2) is 9.59 Å². The Balaban J connectivity index is 2.12. The number of H-pyrrole nitrogens is 1. The monoisotopic (exact) mass is 350 g/mol. The van der Waals surface area contributed by atoms with E-state index in [2.05, 4.69) is 10.3 Å². The second-order valence-electron chi connectivity index (χ2n) is 5.95. The molecule has 8 heteroatoms. The van der Waals surface area contributed by atoms with Crippen LogP contribution < -0.4 is 5.32 Å². The van der Waals surface area contributed by atoms with Crippen molar-refractivity contribution in [2.24, 2.45) is 0 Å². The molecule has 1 aliphatic heterocycles. The minimum atomic E-state index is -1.04. The van der Waals surface area contributed by atoms with E-state index in [4.69, 9.17) is 9.47 Å². The molecule has 0 unspecified atom stereocenters. The number of hydrogen-bond acceptors (Lipinski definition) is 6. The number of carbonyl (C=O) groups excluding carboxylic acids is 4. The number of nitrogens with one attached hydrogen (secondary N) is 2. The zero-order valence-electron chi connectivity index (χ0n) is 14.7. The highest BCUT2D eigenvalue weighted by Crippen LogP contribution is 2.21. The van der Waals surface area contributed by atoms with Crippen molar-refractivity contribution in [1.29, 1.82) is 0 Å². The Bertz CT molecular complexity index is 721. The van der Waals surface area contributed by atoms with Gasteiger partial charge in [0, 0.05) is 12.1 Å². The number of aromatic amines is 1. The average Bonchev–Trinajstić information content (AvgIpc) is 3.10. The van der Waals surface area contributed by atoms with Crippen molar-refractivity contribution in [3.05, 3.63) is 22.5 Å². The third-order valence-electron chi connectivity index (χ3n) is 4.11. The lowest BCUT2D eigenvalue weighted by atomic mass is 10.1. The van der Waals surface area contributed by atoms with Gasteiger partial charge in [-0.3, -0.25) is 9.59 Å². The van der Waals surface area contributed by atoms with E-state index in [1.807, 2.05) is 0 Å². The molecular formula is C17H22N2O6. The summed E-state index contributed by atoms with van der Waals surface area (Å²) in [7, 11) is 0. The average molecular weight is 350 g/mol. The Labute approximate surface area is 145 Å². The molecule has 2 rings (SSSR count). The first kappa shape index (κ1) is 18.7. The summed E-state index contributed by atoms with van der Waals surface area (Å²) in [5.74, 6) is -1.81. The minimum Gasteiger partial charge on any atom is -0.462 e. The molecular weight excluding hydrogens is 328 g/mol. The number of aromatic nitrogens is 1. The van der Waals surface area contributed by atoms with Crippen LogP contribution in [0.1, 0.15) is 58.8 Å². The number of hydrogen-bond donors (Lipinski definition) is 2. The molecule has 0 spiro atoms. The fourth-order valence-electron chi connectivity index (χ4n) is 2.81. The van der Waals surface area contributed by atoms with Crippen molar-refractivity contribution in [3.8, 4) is 0 Å². The van der Waals surface area contributed by atoms with E-state index in [0.29, 0.717) is 23.2 Å². The summed E-state index contributed by atoms with van der Waals surface area (Å²) in [4.78, 5) is 50.6. The van der Waals surface area contributed by atoms with Crippen molar-refractivity contribution >= 4 is 23.6 Å². The highest BCUT2D eigenvalue weighted by molar-refractivity contribution is 6.04. The molecule has 1 fully saturated rings. The third kappa shape index (κ3) is 3.89. The zero-order valence-corrected chi connectivity index (χ0v) is 14.7. The molecule has 8 nitrogen and oxygen atoms in total. The fourth-order valence-corrected chi connectivity index (χ4v) is 2.81. The fraction of sp³-hybridized carbons (Fsp3) is 0.529. The molecule has 2 atom stereocenters. The van der Waals surface area contributed by atoms with Gasteiger partial charge in [0.2, 0.25) is 11.7 Å². The van der Waals surface area contributed by atoms with Crippen LogP contribution in [0.2, 0.25) is 0 Å². The highest BCUT2D eigenvalue weighted by atomic mass is 16.5. The van der Waals surface area contributed by atoms with Crippen LogP contribution in [0.25, 0.3) is 0 Å². The van der Waals surface area contributed by atoms with Gasteiger partial charge in [-0.15, -0.1) is 0 Å². The van der Waals surface area contributed by atoms with Gasteiger partial charge < -0.3 is 19.8 Å². The Morgan fingerprint density at radius 1 is 1.28 bits per heavy atom. The Morgan fingerprint density at radius 2 is 1.96 bits per heavy atom. The van der Waals surface area contributed by atoms with Gasteiger partial charge in [-0.1, -0.05) is 0 Å². The molecule has 1 aromatic rings. The summed E-state index contributed by atoms with van der Waals surface area (Å²) in [6, 6.07) is -0.718. The number of ketones is 1. The van der Waals surface area contributed by atoms with Crippen LogP contribution in [-0.4, -0.2) is 47.4 Å². The van der Waals surface area contributed by atoms with E-state index >= 15 is 0 Å². The van der Waals surface area contributed by atoms with E-state index in [1.54, 1.807) is 20.8 Å². The van der Waals surface area contributed by atoms with E-state index < -0.39 is 29.9 Å². The summed E-state index contributed by atoms with van der Waals surface area (Å²) >= 11 is 0. The van der Waals surface area contributed by atoms with Crippen molar-refractivity contribution in [1.82, 2.24) is 10.3 Å². The summed E-state index contributed by atoms with van der Waals surface area (Å²) in [6.07, 6.45) is -0.427. The lowest BCUT2D eigenvalue weighted by Gasteiger charge is -2.15. The molecule has 0 aliphatic carbocycles. The van der Waals surface area contributed by atoms with Gasteiger partial charge in [0.25, 0.3) is 0 Å². The first-order chi connectivity index (χ1) is 11.8. The van der Waals surface area contributed by atoms with Crippen LogP contribution in [0.3, 0.4) is 0 Å². The SMILES string of the molecule is CCOC(=O)c1c(C)[nH]c(C(=O)[C@H](C)OC(=O)[C@@H]2CCC(=O)N2)c1C.